The van der Waals surface area contributed by atoms with Crippen LogP contribution in [0.4, 0.5) is 0 Å². The molecule has 2 saturated heterocycles. The number of carboxylic acids is 1. The molecule has 11 atom stereocenters. The van der Waals surface area contributed by atoms with Gasteiger partial charge in [0.25, 0.3) is 0 Å². The maximum atomic E-state index is 13.1. The zero-order chi connectivity index (χ0) is 35.0. The molecule has 10 N–H and O–H groups in total. The van der Waals surface area contributed by atoms with Crippen LogP contribution in [0.25, 0.3) is 0 Å². The Labute approximate surface area is 279 Å². The minimum atomic E-state index is -2.31. The van der Waals surface area contributed by atoms with E-state index in [0.29, 0.717) is 6.42 Å². The molecule has 0 spiro atoms. The molecule has 2 fully saturated rings. The third-order valence-corrected chi connectivity index (χ3v) is 10.2. The fraction of sp³-hybridized carbons (Fsp3) is 0.971. The molecule has 2 aliphatic heterocycles. The Bertz CT molecular complexity index is 807. The Morgan fingerprint density at radius 2 is 0.936 bits per heavy atom. The van der Waals surface area contributed by atoms with Gasteiger partial charge in [-0.3, -0.25) is 4.79 Å². The second-order valence-corrected chi connectivity index (χ2v) is 13.8. The fourth-order valence-corrected chi connectivity index (χ4v) is 7.19. The molecule has 13 nitrogen and oxygen atoms in total. The van der Waals surface area contributed by atoms with E-state index in [9.17, 15) is 55.9 Å². The van der Waals surface area contributed by atoms with Crippen LogP contribution in [0.15, 0.2) is 0 Å². The topological polar surface area (TPSA) is 238 Å². The summed E-state index contributed by atoms with van der Waals surface area (Å²) in [6.07, 6.45) is -1.41. The van der Waals surface area contributed by atoms with E-state index in [0.717, 1.165) is 57.8 Å². The third kappa shape index (κ3) is 11.8. The minimum Gasteiger partial charge on any atom is -0.481 e. The first-order valence-electron chi connectivity index (χ1n) is 18.0. The normalized spacial score (nSPS) is 33.4. The van der Waals surface area contributed by atoms with Crippen molar-refractivity contribution in [3.8, 4) is 0 Å². The lowest BCUT2D eigenvalue weighted by Crippen LogP contribution is -2.72. The number of aliphatic carboxylic acids is 1. The number of carbonyl (C=O) groups is 1. The van der Waals surface area contributed by atoms with E-state index in [2.05, 4.69) is 6.92 Å². The van der Waals surface area contributed by atoms with Gasteiger partial charge in [-0.1, -0.05) is 103 Å². The number of carboxylic acid groups (broad SMARTS) is 1. The van der Waals surface area contributed by atoms with Crippen molar-refractivity contribution in [3.05, 3.63) is 0 Å². The van der Waals surface area contributed by atoms with Crippen LogP contribution in [0.3, 0.4) is 0 Å². The standard InChI is InChI=1S/C34H64O13/c1-2-3-4-5-8-11-14-17-22(37)18-15-12-9-6-7-10-13-16-19-34(33(44)45,31-29(42)27(40)25(38)23(20-35)46-31)32-30(43)28(41)26(39)24(21-36)47-32/h22-32,35-43H,2-21H2,1H3,(H,44,45)/t22?,23-,24-,25-,26-,27+,28+,29-,30-,31?,32?,34?/m1/s1. The van der Waals surface area contributed by atoms with E-state index in [-0.39, 0.29) is 18.9 Å². The highest BCUT2D eigenvalue weighted by Crippen LogP contribution is 2.46. The smallest absolute Gasteiger partial charge is 0.315 e. The van der Waals surface area contributed by atoms with Crippen LogP contribution in [-0.4, -0.2) is 137 Å². The number of unbranched alkanes of at least 4 members (excludes halogenated alkanes) is 13. The van der Waals surface area contributed by atoms with E-state index in [4.69, 9.17) is 9.47 Å². The second kappa shape index (κ2) is 22.0. The van der Waals surface area contributed by atoms with Crippen molar-refractivity contribution in [3.63, 3.8) is 0 Å². The second-order valence-electron chi connectivity index (χ2n) is 13.8. The minimum absolute atomic E-state index is 0.243. The molecule has 0 aromatic carbocycles. The van der Waals surface area contributed by atoms with Gasteiger partial charge in [-0.25, -0.2) is 0 Å². The molecule has 2 aliphatic rings. The van der Waals surface area contributed by atoms with Crippen LogP contribution in [0.5, 0.6) is 0 Å². The summed E-state index contributed by atoms with van der Waals surface area (Å²) in [5.41, 5.74) is -2.31. The molecule has 2 heterocycles. The van der Waals surface area contributed by atoms with Gasteiger partial charge in [-0.15, -0.1) is 0 Å². The molecule has 0 saturated carbocycles. The quantitative estimate of drug-likeness (QED) is 0.0645. The number of aliphatic hydroxyl groups is 9. The summed E-state index contributed by atoms with van der Waals surface area (Å²) in [5, 5.41) is 104. The predicted molar refractivity (Wildman–Crippen MR) is 172 cm³/mol. The molecule has 3 unspecified atom stereocenters. The highest BCUT2D eigenvalue weighted by Gasteiger charge is 2.64. The van der Waals surface area contributed by atoms with Gasteiger partial charge < -0.3 is 60.5 Å². The van der Waals surface area contributed by atoms with Crippen LogP contribution in [0, 0.1) is 5.41 Å². The Hall–Kier alpha value is -0.970. The molecule has 0 amide bonds. The monoisotopic (exact) mass is 680 g/mol. The first-order chi connectivity index (χ1) is 22.5. The van der Waals surface area contributed by atoms with Crippen LogP contribution in [0.1, 0.15) is 122 Å². The van der Waals surface area contributed by atoms with Crippen molar-refractivity contribution in [2.75, 3.05) is 13.2 Å². The number of aliphatic hydroxyl groups excluding tert-OH is 9. The van der Waals surface area contributed by atoms with E-state index in [1.54, 1.807) is 0 Å². The van der Waals surface area contributed by atoms with Crippen LogP contribution in [-0.2, 0) is 14.3 Å². The highest BCUT2D eigenvalue weighted by molar-refractivity contribution is 5.77. The molecule has 47 heavy (non-hydrogen) atoms. The maximum absolute atomic E-state index is 13.1. The molecule has 0 bridgehead atoms. The Kier molecular flexibility index (Phi) is 19.7. The van der Waals surface area contributed by atoms with Gasteiger partial charge in [-0.05, 0) is 19.3 Å². The molecular formula is C34H64O13. The van der Waals surface area contributed by atoms with Gasteiger partial charge in [0.1, 0.15) is 66.5 Å². The van der Waals surface area contributed by atoms with Crippen LogP contribution in [0.2, 0.25) is 0 Å². The average Bonchev–Trinajstić information content (AvgIpc) is 3.05. The third-order valence-electron chi connectivity index (χ3n) is 10.2. The molecule has 0 aliphatic carbocycles. The maximum Gasteiger partial charge on any atom is 0.315 e. The largest absolute Gasteiger partial charge is 0.481 e. The van der Waals surface area contributed by atoms with E-state index >= 15 is 0 Å². The summed E-state index contributed by atoms with van der Waals surface area (Å²) in [4.78, 5) is 13.1. The number of rotatable bonds is 24. The zero-order valence-corrected chi connectivity index (χ0v) is 28.2. The van der Waals surface area contributed by atoms with Crippen molar-refractivity contribution < 1.29 is 65.3 Å². The van der Waals surface area contributed by atoms with Crippen molar-refractivity contribution in [2.45, 2.75) is 190 Å². The summed E-state index contributed by atoms with van der Waals surface area (Å²) in [5.74, 6) is -1.58. The number of hydrogen-bond donors (Lipinski definition) is 10. The van der Waals surface area contributed by atoms with Crippen LogP contribution >= 0.6 is 0 Å². The SMILES string of the molecule is CCCCCCCCCC(O)CCCCCCCCCCC(C(=O)O)(C1O[C@H](CO)[C@@H](O)[C@H](O)[C@H]1O)C1O[C@H](CO)[C@@H](O)[C@H](O)[C@H]1O. The van der Waals surface area contributed by atoms with Gasteiger partial charge in [0.15, 0.2) is 0 Å². The lowest BCUT2D eigenvalue weighted by atomic mass is 9.65. The van der Waals surface area contributed by atoms with E-state index in [1.807, 2.05) is 0 Å². The molecular weight excluding hydrogens is 616 g/mol. The van der Waals surface area contributed by atoms with Crippen molar-refractivity contribution >= 4 is 5.97 Å². The number of ether oxygens (including phenoxy) is 2. The van der Waals surface area contributed by atoms with Gasteiger partial charge in [-0.2, -0.15) is 0 Å². The zero-order valence-electron chi connectivity index (χ0n) is 28.2. The summed E-state index contributed by atoms with van der Waals surface area (Å²) < 4.78 is 11.4. The molecule has 0 radical (unpaired) electrons. The van der Waals surface area contributed by atoms with Gasteiger partial charge in [0, 0.05) is 0 Å². The molecule has 278 valence electrons. The van der Waals surface area contributed by atoms with Gasteiger partial charge in [0.05, 0.1) is 19.3 Å². The highest BCUT2D eigenvalue weighted by atomic mass is 16.6. The molecule has 2 rings (SSSR count). The summed E-state index contributed by atoms with van der Waals surface area (Å²) >= 11 is 0. The molecule has 13 heteroatoms. The first-order valence-corrected chi connectivity index (χ1v) is 18.0. The lowest BCUT2D eigenvalue weighted by molar-refractivity contribution is -0.305. The molecule has 0 aromatic heterocycles. The van der Waals surface area contributed by atoms with Crippen molar-refractivity contribution in [1.29, 1.82) is 0 Å². The van der Waals surface area contributed by atoms with Crippen molar-refractivity contribution in [1.82, 2.24) is 0 Å². The Balaban J connectivity index is 1.91. The Morgan fingerprint density at radius 1 is 0.574 bits per heavy atom. The van der Waals surface area contributed by atoms with Crippen molar-refractivity contribution in [2.24, 2.45) is 5.41 Å². The summed E-state index contributed by atoms with van der Waals surface area (Å²) in [6, 6.07) is 0. The average molecular weight is 681 g/mol. The first kappa shape index (κ1) is 42.2. The molecule has 0 aromatic rings. The lowest BCUT2D eigenvalue weighted by Gasteiger charge is -2.53. The number of hydrogen-bond acceptors (Lipinski definition) is 12. The predicted octanol–water partition coefficient (Wildman–Crippen LogP) is 1.14. The summed E-state index contributed by atoms with van der Waals surface area (Å²) in [7, 11) is 0. The van der Waals surface area contributed by atoms with Gasteiger partial charge in [0.2, 0.25) is 0 Å². The summed E-state index contributed by atoms with van der Waals surface area (Å²) in [6.45, 7) is 0.606. The van der Waals surface area contributed by atoms with E-state index < -0.39 is 85.6 Å². The van der Waals surface area contributed by atoms with Crippen LogP contribution < -0.4 is 0 Å². The van der Waals surface area contributed by atoms with Gasteiger partial charge >= 0.3 is 5.97 Å². The fourth-order valence-electron chi connectivity index (χ4n) is 7.19. The Morgan fingerprint density at radius 3 is 1.30 bits per heavy atom. The van der Waals surface area contributed by atoms with E-state index in [1.165, 1.54) is 38.5 Å².